The minimum Gasteiger partial charge on any atom is -0.438 e. The van der Waals surface area contributed by atoms with Gasteiger partial charge in [-0.15, -0.1) is 0 Å². The normalized spacial score (nSPS) is 11.4. The number of aromatic nitrogens is 5. The van der Waals surface area contributed by atoms with Gasteiger partial charge in [0, 0.05) is 36.4 Å². The van der Waals surface area contributed by atoms with Crippen molar-refractivity contribution in [2.24, 2.45) is 4.99 Å². The van der Waals surface area contributed by atoms with Gasteiger partial charge in [-0.05, 0) is 53.0 Å². The van der Waals surface area contributed by atoms with E-state index < -0.39 is 0 Å². The summed E-state index contributed by atoms with van der Waals surface area (Å²) < 4.78 is 13.1. The number of nitrogens with one attached hydrogen (secondary N) is 1. The van der Waals surface area contributed by atoms with Crippen LogP contribution in [0, 0.1) is 6.92 Å². The van der Waals surface area contributed by atoms with Crippen molar-refractivity contribution in [3.8, 4) is 23.4 Å². The molecule has 0 saturated carbocycles. The Morgan fingerprint density at radius 2 is 1.80 bits per heavy atom. The Kier molecular flexibility index (Phi) is 6.24. The fraction of sp³-hybridized carbons (Fsp3) is 0.115. The van der Waals surface area contributed by atoms with Gasteiger partial charge in [0.1, 0.15) is 17.1 Å². The zero-order valence-electron chi connectivity index (χ0n) is 19.1. The maximum atomic E-state index is 6.23. The van der Waals surface area contributed by atoms with Gasteiger partial charge < -0.3 is 14.5 Å². The molecular formula is C26H21BrN6O2. The van der Waals surface area contributed by atoms with Gasteiger partial charge in [0.05, 0.1) is 26.6 Å². The third-order valence-corrected chi connectivity index (χ3v) is 6.20. The smallest absolute Gasteiger partial charge is 0.327 e. The minimum atomic E-state index is 0.145. The minimum absolute atomic E-state index is 0.145. The predicted molar refractivity (Wildman–Crippen MR) is 140 cm³/mol. The molecule has 0 fully saturated rings. The number of ether oxygens (including phenoxy) is 2. The van der Waals surface area contributed by atoms with Gasteiger partial charge in [-0.2, -0.15) is 9.97 Å². The molecule has 8 nitrogen and oxygen atoms in total. The van der Waals surface area contributed by atoms with E-state index in [0.29, 0.717) is 23.0 Å². The second kappa shape index (κ2) is 9.63. The predicted octanol–water partition coefficient (Wildman–Crippen LogP) is 7.01. The number of H-pyrrole nitrogens is 1. The number of fused-ring (bicyclic) bond motifs is 2. The largest absolute Gasteiger partial charge is 0.438 e. The van der Waals surface area contributed by atoms with Crippen molar-refractivity contribution in [1.29, 1.82) is 0 Å². The van der Waals surface area contributed by atoms with Crippen LogP contribution in [0.4, 0.5) is 5.69 Å². The monoisotopic (exact) mass is 528 g/mol. The number of halogens is 1. The number of hydrogen-bond acceptors (Lipinski definition) is 7. The molecule has 0 spiro atoms. The van der Waals surface area contributed by atoms with Gasteiger partial charge >= 0.3 is 6.01 Å². The maximum absolute atomic E-state index is 6.23. The van der Waals surface area contributed by atoms with Gasteiger partial charge in [0.2, 0.25) is 5.88 Å². The lowest BCUT2D eigenvalue weighted by molar-refractivity contribution is 0.417. The SMILES string of the molecule is C=C/C=N\c1cc(Oc2nc(Oc3ccc4nccnc4c3)c3c(Br)c(CC)[nH]c3n2)ccc1C. The summed E-state index contributed by atoms with van der Waals surface area (Å²) in [6, 6.07) is 11.3. The number of rotatable bonds is 7. The van der Waals surface area contributed by atoms with Crippen molar-refractivity contribution < 1.29 is 9.47 Å². The van der Waals surface area contributed by atoms with Crippen LogP contribution in [0.1, 0.15) is 18.2 Å². The van der Waals surface area contributed by atoms with Crippen LogP contribution in [0.25, 0.3) is 22.1 Å². The second-order valence-corrected chi connectivity index (χ2v) is 8.47. The molecule has 0 bridgehead atoms. The van der Waals surface area contributed by atoms with Crippen LogP contribution in [0.5, 0.6) is 23.4 Å². The lowest BCUT2D eigenvalue weighted by atomic mass is 10.2. The Balaban J connectivity index is 1.57. The molecule has 35 heavy (non-hydrogen) atoms. The summed E-state index contributed by atoms with van der Waals surface area (Å²) >= 11 is 3.67. The van der Waals surface area contributed by atoms with E-state index in [1.54, 1.807) is 24.7 Å². The fourth-order valence-corrected chi connectivity index (χ4v) is 4.31. The molecule has 0 saturated heterocycles. The lowest BCUT2D eigenvalue weighted by Gasteiger charge is -2.10. The Labute approximate surface area is 209 Å². The molecule has 3 heterocycles. The highest BCUT2D eigenvalue weighted by molar-refractivity contribution is 9.10. The molecule has 174 valence electrons. The first kappa shape index (κ1) is 22.7. The molecule has 0 atom stereocenters. The lowest BCUT2D eigenvalue weighted by Crippen LogP contribution is -1.97. The summed E-state index contributed by atoms with van der Waals surface area (Å²) in [5, 5.41) is 0.730. The van der Waals surface area contributed by atoms with E-state index in [-0.39, 0.29) is 6.01 Å². The molecule has 5 aromatic rings. The Hall–Kier alpha value is -4.11. The Morgan fingerprint density at radius 1 is 1.03 bits per heavy atom. The third-order valence-electron chi connectivity index (χ3n) is 5.33. The zero-order valence-corrected chi connectivity index (χ0v) is 20.7. The van der Waals surface area contributed by atoms with Crippen molar-refractivity contribution in [3.63, 3.8) is 0 Å². The summed E-state index contributed by atoms with van der Waals surface area (Å²) in [6.45, 7) is 7.71. The van der Waals surface area contributed by atoms with Crippen molar-refractivity contribution in [3.05, 3.63) is 77.2 Å². The van der Waals surface area contributed by atoms with Gasteiger partial charge in [-0.1, -0.05) is 25.6 Å². The van der Waals surface area contributed by atoms with Gasteiger partial charge in [0.25, 0.3) is 0 Å². The van der Waals surface area contributed by atoms with E-state index in [9.17, 15) is 0 Å². The van der Waals surface area contributed by atoms with Crippen LogP contribution in [0.15, 0.2) is 70.9 Å². The van der Waals surface area contributed by atoms with Crippen molar-refractivity contribution in [1.82, 2.24) is 24.9 Å². The van der Waals surface area contributed by atoms with Crippen LogP contribution >= 0.6 is 15.9 Å². The first-order valence-electron chi connectivity index (χ1n) is 11.0. The summed E-state index contributed by atoms with van der Waals surface area (Å²) in [6.07, 6.45) is 7.34. The van der Waals surface area contributed by atoms with Crippen molar-refractivity contribution in [2.75, 3.05) is 0 Å². The molecule has 0 aliphatic carbocycles. The number of aromatic amines is 1. The summed E-state index contributed by atoms with van der Waals surface area (Å²) in [4.78, 5) is 25.6. The van der Waals surface area contributed by atoms with E-state index in [4.69, 9.17) is 9.47 Å². The first-order valence-corrected chi connectivity index (χ1v) is 11.7. The van der Waals surface area contributed by atoms with Crippen LogP contribution in [-0.4, -0.2) is 31.1 Å². The number of aryl methyl sites for hydroxylation is 2. The average molecular weight is 529 g/mol. The fourth-order valence-electron chi connectivity index (χ4n) is 3.57. The summed E-state index contributed by atoms with van der Waals surface area (Å²) in [7, 11) is 0. The van der Waals surface area contributed by atoms with E-state index in [1.807, 2.05) is 43.3 Å². The first-order chi connectivity index (χ1) is 17.1. The molecular weight excluding hydrogens is 508 g/mol. The molecule has 3 aromatic heterocycles. The molecule has 0 aliphatic heterocycles. The molecule has 2 aromatic carbocycles. The van der Waals surface area contributed by atoms with Gasteiger partial charge in [-0.3, -0.25) is 15.0 Å². The van der Waals surface area contributed by atoms with E-state index >= 15 is 0 Å². The number of aliphatic imine (C=N–C) groups is 1. The van der Waals surface area contributed by atoms with Crippen LogP contribution in [0.3, 0.4) is 0 Å². The quantitative estimate of drug-likeness (QED) is 0.228. The molecule has 5 rings (SSSR count). The summed E-state index contributed by atoms with van der Waals surface area (Å²) in [5.74, 6) is 1.49. The Bertz CT molecular complexity index is 1590. The Morgan fingerprint density at radius 3 is 2.60 bits per heavy atom. The highest BCUT2D eigenvalue weighted by Crippen LogP contribution is 2.38. The van der Waals surface area contributed by atoms with E-state index in [0.717, 1.165) is 44.3 Å². The van der Waals surface area contributed by atoms with Crippen molar-refractivity contribution >= 4 is 49.9 Å². The van der Waals surface area contributed by atoms with Crippen molar-refractivity contribution in [2.45, 2.75) is 20.3 Å². The average Bonchev–Trinajstić information content (AvgIpc) is 3.19. The van der Waals surface area contributed by atoms with E-state index in [1.165, 1.54) is 0 Å². The third kappa shape index (κ3) is 4.63. The zero-order chi connectivity index (χ0) is 24.4. The maximum Gasteiger partial charge on any atom is 0.327 e. The topological polar surface area (TPSA) is 98.2 Å². The highest BCUT2D eigenvalue weighted by Gasteiger charge is 2.19. The summed E-state index contributed by atoms with van der Waals surface area (Å²) in [5.41, 5.74) is 4.87. The van der Waals surface area contributed by atoms with E-state index in [2.05, 4.69) is 59.3 Å². The van der Waals surface area contributed by atoms with Crippen LogP contribution in [0.2, 0.25) is 0 Å². The van der Waals surface area contributed by atoms with Crippen LogP contribution in [-0.2, 0) is 6.42 Å². The number of allylic oxidation sites excluding steroid dienone is 1. The number of nitrogens with zero attached hydrogens (tertiary/aromatic N) is 5. The van der Waals surface area contributed by atoms with Crippen LogP contribution < -0.4 is 9.47 Å². The van der Waals surface area contributed by atoms with Gasteiger partial charge in [0.15, 0.2) is 0 Å². The second-order valence-electron chi connectivity index (χ2n) is 7.68. The number of benzene rings is 2. The molecule has 0 unspecified atom stereocenters. The molecule has 0 amide bonds. The number of hydrogen-bond donors (Lipinski definition) is 1. The molecule has 1 N–H and O–H groups in total. The molecule has 0 aliphatic rings. The molecule has 0 radical (unpaired) electrons. The standard InChI is InChI=1S/C26H21BrN6O2/c1-4-10-28-20-13-17(7-6-15(20)3)35-26-32-24-22(23(27)18(5-2)31-24)25(33-26)34-16-8-9-19-21(14-16)30-12-11-29-19/h4,6-14H,1,5H2,2-3H3,(H,31,32,33)/b28-10-. The van der Waals surface area contributed by atoms with Gasteiger partial charge in [-0.25, -0.2) is 0 Å². The highest BCUT2D eigenvalue weighted by atomic mass is 79.9. The molecule has 9 heteroatoms.